The Morgan fingerprint density at radius 2 is 0.893 bits per heavy atom. The van der Waals surface area contributed by atoms with Crippen LogP contribution in [0.5, 0.6) is 0 Å². The van der Waals surface area contributed by atoms with Gasteiger partial charge < -0.3 is 9.32 Å². The largest absolute Gasteiger partial charge is 0.456 e. The molecule has 2 aliphatic rings. The summed E-state index contributed by atoms with van der Waals surface area (Å²) in [5, 5.41) is 2.24. The van der Waals surface area contributed by atoms with Crippen LogP contribution in [0.15, 0.2) is 180 Å². The average molecular weight is 720 g/mol. The van der Waals surface area contributed by atoms with Crippen molar-refractivity contribution in [3.8, 4) is 44.5 Å². The molecule has 0 amide bonds. The van der Waals surface area contributed by atoms with E-state index in [1.54, 1.807) is 0 Å². The lowest BCUT2D eigenvalue weighted by atomic mass is 9.81. The fourth-order valence-electron chi connectivity index (χ4n) is 9.84. The van der Waals surface area contributed by atoms with Gasteiger partial charge in [-0.2, -0.15) is 0 Å². The lowest BCUT2D eigenvalue weighted by molar-refractivity contribution is 0.660. The lowest BCUT2D eigenvalue weighted by Crippen LogP contribution is -2.18. The first-order valence-electron chi connectivity index (χ1n) is 19.7. The maximum atomic E-state index is 6.70. The maximum absolute atomic E-state index is 6.70. The third-order valence-corrected chi connectivity index (χ3v) is 12.7. The molecule has 8 aromatic carbocycles. The molecule has 0 saturated carbocycles. The zero-order valence-electron chi connectivity index (χ0n) is 32.1. The van der Waals surface area contributed by atoms with Crippen LogP contribution in [0.4, 0.5) is 17.1 Å². The van der Waals surface area contributed by atoms with Gasteiger partial charge in [-0.15, -0.1) is 0 Å². The van der Waals surface area contributed by atoms with Crippen LogP contribution in [0.1, 0.15) is 49.9 Å². The molecule has 1 aromatic heterocycles. The van der Waals surface area contributed by atoms with Crippen molar-refractivity contribution < 1.29 is 4.42 Å². The summed E-state index contributed by atoms with van der Waals surface area (Å²) in [6.45, 7) is 9.47. The van der Waals surface area contributed by atoms with Gasteiger partial charge in [-0.05, 0) is 115 Å². The van der Waals surface area contributed by atoms with Crippen LogP contribution in [0.3, 0.4) is 0 Å². The van der Waals surface area contributed by atoms with Crippen molar-refractivity contribution >= 4 is 39.0 Å². The molecule has 0 fully saturated rings. The number of nitrogens with zero attached hydrogens (tertiary/aromatic N) is 1. The Morgan fingerprint density at radius 3 is 1.59 bits per heavy atom. The summed E-state index contributed by atoms with van der Waals surface area (Å²) in [5.41, 5.74) is 20.3. The Morgan fingerprint density at radius 1 is 0.357 bits per heavy atom. The molecule has 9 aromatic rings. The van der Waals surface area contributed by atoms with Gasteiger partial charge >= 0.3 is 0 Å². The van der Waals surface area contributed by atoms with E-state index < -0.39 is 0 Å². The number of rotatable bonds is 5. The minimum Gasteiger partial charge on any atom is -0.456 e. The van der Waals surface area contributed by atoms with E-state index in [1.807, 2.05) is 0 Å². The van der Waals surface area contributed by atoms with Crippen molar-refractivity contribution in [3.63, 3.8) is 0 Å². The van der Waals surface area contributed by atoms with Crippen molar-refractivity contribution in [1.29, 1.82) is 0 Å². The number of furan rings is 1. The second kappa shape index (κ2) is 11.9. The van der Waals surface area contributed by atoms with E-state index in [0.717, 1.165) is 39.0 Å². The van der Waals surface area contributed by atoms with Gasteiger partial charge in [0.25, 0.3) is 0 Å². The first-order valence-corrected chi connectivity index (χ1v) is 19.7. The first kappa shape index (κ1) is 32.8. The molecule has 2 heteroatoms. The maximum Gasteiger partial charge on any atom is 0.137 e. The third kappa shape index (κ3) is 4.69. The molecule has 56 heavy (non-hydrogen) atoms. The van der Waals surface area contributed by atoms with E-state index in [1.165, 1.54) is 66.8 Å². The standard InChI is InChI=1S/C54H41NO/c1-53(2)44-21-12-11-19-40(44)41-28-26-37(32-46(41)53)55(48-22-14-24-50-52(48)51-39(20-13-23-49(51)56-50)35-17-9-6-10-18-35)38-27-29-42-43-31-36(34-15-7-5-8-16-34)25-30-45(43)54(3,4)47(42)33-38/h5-33H,1-4H3. The number of benzene rings is 8. The molecule has 0 atom stereocenters. The zero-order valence-corrected chi connectivity index (χ0v) is 32.1. The van der Waals surface area contributed by atoms with Crippen molar-refractivity contribution in [2.45, 2.75) is 38.5 Å². The zero-order chi connectivity index (χ0) is 37.8. The fourth-order valence-corrected chi connectivity index (χ4v) is 9.84. The smallest absolute Gasteiger partial charge is 0.137 e. The van der Waals surface area contributed by atoms with Gasteiger partial charge in [0.1, 0.15) is 11.2 Å². The Labute approximate surface area is 328 Å². The highest BCUT2D eigenvalue weighted by atomic mass is 16.3. The average Bonchev–Trinajstić information content (AvgIpc) is 3.81. The quantitative estimate of drug-likeness (QED) is 0.176. The number of hydrogen-bond acceptors (Lipinski definition) is 2. The van der Waals surface area contributed by atoms with E-state index in [-0.39, 0.29) is 10.8 Å². The second-order valence-electron chi connectivity index (χ2n) is 16.5. The number of anilines is 3. The predicted molar refractivity (Wildman–Crippen MR) is 234 cm³/mol. The van der Waals surface area contributed by atoms with E-state index in [4.69, 9.17) is 4.42 Å². The molecule has 0 aliphatic heterocycles. The number of hydrogen-bond donors (Lipinski definition) is 0. The molecule has 268 valence electrons. The molecule has 0 radical (unpaired) electrons. The monoisotopic (exact) mass is 719 g/mol. The highest BCUT2D eigenvalue weighted by Crippen LogP contribution is 2.54. The molecule has 2 nitrogen and oxygen atoms in total. The predicted octanol–water partition coefficient (Wildman–Crippen LogP) is 15.0. The van der Waals surface area contributed by atoms with Gasteiger partial charge in [0, 0.05) is 27.6 Å². The second-order valence-corrected chi connectivity index (χ2v) is 16.5. The highest BCUT2D eigenvalue weighted by Gasteiger charge is 2.38. The van der Waals surface area contributed by atoms with Gasteiger partial charge in [-0.1, -0.05) is 155 Å². The van der Waals surface area contributed by atoms with Gasteiger partial charge in [0.05, 0.1) is 11.1 Å². The molecule has 0 saturated heterocycles. The van der Waals surface area contributed by atoms with Gasteiger partial charge in [-0.3, -0.25) is 0 Å². The van der Waals surface area contributed by atoms with E-state index in [0.29, 0.717) is 0 Å². The van der Waals surface area contributed by atoms with Gasteiger partial charge in [0.15, 0.2) is 0 Å². The number of fused-ring (bicyclic) bond motifs is 9. The molecular formula is C54H41NO. The van der Waals surface area contributed by atoms with Gasteiger partial charge in [-0.25, -0.2) is 0 Å². The molecule has 0 unspecified atom stereocenters. The minimum absolute atomic E-state index is 0.138. The molecule has 0 spiro atoms. The first-order chi connectivity index (χ1) is 27.3. The molecule has 1 heterocycles. The fraction of sp³-hybridized carbons (Fsp3) is 0.111. The highest BCUT2D eigenvalue weighted by molar-refractivity contribution is 6.18. The molecule has 11 rings (SSSR count). The third-order valence-electron chi connectivity index (χ3n) is 12.7. The molecule has 0 N–H and O–H groups in total. The summed E-state index contributed by atoms with van der Waals surface area (Å²) >= 11 is 0. The van der Waals surface area contributed by atoms with Crippen LogP contribution in [-0.2, 0) is 10.8 Å². The Hall–Kier alpha value is -6.64. The Kier molecular flexibility index (Phi) is 6.98. The minimum atomic E-state index is -0.183. The molecule has 2 aliphatic carbocycles. The van der Waals surface area contributed by atoms with Crippen LogP contribution >= 0.6 is 0 Å². The van der Waals surface area contributed by atoms with Crippen LogP contribution < -0.4 is 4.90 Å². The summed E-state index contributed by atoms with van der Waals surface area (Å²) in [6, 6.07) is 64.5. The van der Waals surface area contributed by atoms with E-state index >= 15 is 0 Å². The molecule has 0 bridgehead atoms. The van der Waals surface area contributed by atoms with Crippen LogP contribution in [0.2, 0.25) is 0 Å². The normalized spacial score (nSPS) is 14.4. The lowest BCUT2D eigenvalue weighted by Gasteiger charge is -2.30. The van der Waals surface area contributed by atoms with Crippen LogP contribution in [-0.4, -0.2) is 0 Å². The van der Waals surface area contributed by atoms with Gasteiger partial charge in [0.2, 0.25) is 0 Å². The summed E-state index contributed by atoms with van der Waals surface area (Å²) in [7, 11) is 0. The Balaban J connectivity index is 1.16. The summed E-state index contributed by atoms with van der Waals surface area (Å²) in [4.78, 5) is 2.48. The van der Waals surface area contributed by atoms with Crippen LogP contribution in [0, 0.1) is 0 Å². The van der Waals surface area contributed by atoms with E-state index in [9.17, 15) is 0 Å². The topological polar surface area (TPSA) is 16.4 Å². The molecular weight excluding hydrogens is 679 g/mol. The van der Waals surface area contributed by atoms with Crippen LogP contribution in [0.25, 0.3) is 66.4 Å². The van der Waals surface area contributed by atoms with Crippen molar-refractivity contribution in [2.24, 2.45) is 0 Å². The van der Waals surface area contributed by atoms with Crippen molar-refractivity contribution in [1.82, 2.24) is 0 Å². The summed E-state index contributed by atoms with van der Waals surface area (Å²) < 4.78 is 6.70. The summed E-state index contributed by atoms with van der Waals surface area (Å²) in [6.07, 6.45) is 0. The van der Waals surface area contributed by atoms with E-state index in [2.05, 4.69) is 209 Å². The summed E-state index contributed by atoms with van der Waals surface area (Å²) in [5.74, 6) is 0. The van der Waals surface area contributed by atoms with Crippen molar-refractivity contribution in [3.05, 3.63) is 198 Å². The SMILES string of the molecule is CC1(C)c2ccccc2-c2ccc(N(c3ccc4c(c3)C(C)(C)c3ccc(-c5ccccc5)cc3-4)c3cccc4oc5cccc(-c6ccccc6)c5c34)cc21. The van der Waals surface area contributed by atoms with Crippen molar-refractivity contribution in [2.75, 3.05) is 4.90 Å². The Bertz CT molecular complexity index is 3020.